The minimum Gasteiger partial charge on any atom is -0.494 e. The van der Waals surface area contributed by atoms with Gasteiger partial charge in [-0.15, -0.1) is 0 Å². The van der Waals surface area contributed by atoms with Gasteiger partial charge in [0.1, 0.15) is 17.4 Å². The van der Waals surface area contributed by atoms with Gasteiger partial charge in [-0.25, -0.2) is 0 Å². The van der Waals surface area contributed by atoms with Crippen molar-refractivity contribution in [1.29, 1.82) is 5.26 Å². The Kier molecular flexibility index (Phi) is 6.04. The van der Waals surface area contributed by atoms with Crippen molar-refractivity contribution in [1.82, 2.24) is 4.90 Å². The van der Waals surface area contributed by atoms with E-state index in [1.807, 2.05) is 13.0 Å². The van der Waals surface area contributed by atoms with E-state index in [9.17, 15) is 10.1 Å². The molecule has 0 spiro atoms. The van der Waals surface area contributed by atoms with Crippen LogP contribution < -0.4 is 10.1 Å². The highest BCUT2D eigenvalue weighted by atomic mass is 16.5. The predicted molar refractivity (Wildman–Crippen MR) is 89.9 cm³/mol. The van der Waals surface area contributed by atoms with Crippen molar-refractivity contribution in [3.8, 4) is 11.8 Å². The Morgan fingerprint density at radius 2 is 2.04 bits per heavy atom. The summed E-state index contributed by atoms with van der Waals surface area (Å²) < 4.78 is 5.36. The molecule has 0 atom stereocenters. The Morgan fingerprint density at radius 1 is 1.39 bits per heavy atom. The van der Waals surface area contributed by atoms with Crippen molar-refractivity contribution in [2.45, 2.75) is 26.7 Å². The van der Waals surface area contributed by atoms with Gasteiger partial charge in [-0.05, 0) is 49.9 Å². The van der Waals surface area contributed by atoms with E-state index in [-0.39, 0.29) is 11.5 Å². The van der Waals surface area contributed by atoms with Gasteiger partial charge in [-0.2, -0.15) is 5.26 Å². The number of ether oxygens (including phenoxy) is 1. The molecule has 1 amide bonds. The number of nitriles is 1. The third kappa shape index (κ3) is 5.03. The number of amides is 1. The molecule has 5 nitrogen and oxygen atoms in total. The van der Waals surface area contributed by atoms with Crippen LogP contribution in [0.5, 0.6) is 5.75 Å². The van der Waals surface area contributed by atoms with E-state index < -0.39 is 0 Å². The lowest BCUT2D eigenvalue weighted by atomic mass is 9.99. The molecule has 0 saturated carbocycles. The highest BCUT2D eigenvalue weighted by Gasteiger charge is 2.16. The lowest BCUT2D eigenvalue weighted by Crippen LogP contribution is -2.29. The zero-order valence-corrected chi connectivity index (χ0v) is 13.7. The smallest absolute Gasteiger partial charge is 0.267 e. The summed E-state index contributed by atoms with van der Waals surface area (Å²) in [5.41, 5.74) is 0.778. The summed E-state index contributed by atoms with van der Waals surface area (Å²) in [6, 6.07) is 9.11. The zero-order chi connectivity index (χ0) is 16.7. The largest absolute Gasteiger partial charge is 0.494 e. The van der Waals surface area contributed by atoms with E-state index in [0.717, 1.165) is 31.7 Å². The lowest BCUT2D eigenvalue weighted by Gasteiger charge is -2.29. The Morgan fingerprint density at radius 3 is 2.61 bits per heavy atom. The van der Waals surface area contributed by atoms with Crippen LogP contribution in [-0.2, 0) is 4.79 Å². The fourth-order valence-corrected chi connectivity index (χ4v) is 2.48. The standard InChI is InChI=1S/C18H23N3O2/c1-3-23-17-6-4-16(5-7-17)20-18(22)15(12-19)13-21-10-8-14(2)9-11-21/h4-7,13-14H,3,8-11H2,1-2H3,(H,20,22)/b15-13-. The van der Waals surface area contributed by atoms with E-state index in [1.54, 1.807) is 30.5 Å². The van der Waals surface area contributed by atoms with Gasteiger partial charge in [0.15, 0.2) is 0 Å². The number of hydrogen-bond acceptors (Lipinski definition) is 4. The molecule has 1 fully saturated rings. The summed E-state index contributed by atoms with van der Waals surface area (Å²) in [5, 5.41) is 12.0. The molecule has 0 aliphatic carbocycles. The number of piperidine rings is 1. The highest BCUT2D eigenvalue weighted by Crippen LogP contribution is 2.18. The summed E-state index contributed by atoms with van der Waals surface area (Å²) in [4.78, 5) is 14.3. The molecule has 5 heteroatoms. The number of hydrogen-bond donors (Lipinski definition) is 1. The van der Waals surface area contributed by atoms with Crippen molar-refractivity contribution in [2.24, 2.45) is 5.92 Å². The first kappa shape index (κ1) is 16.9. The number of rotatable bonds is 5. The number of carbonyl (C=O) groups excluding carboxylic acids is 1. The van der Waals surface area contributed by atoms with Gasteiger partial charge in [-0.3, -0.25) is 4.79 Å². The van der Waals surface area contributed by atoms with Crippen molar-refractivity contribution < 1.29 is 9.53 Å². The fraction of sp³-hybridized carbons (Fsp3) is 0.444. The van der Waals surface area contributed by atoms with Gasteiger partial charge in [-0.1, -0.05) is 6.92 Å². The Bertz CT molecular complexity index is 594. The number of carbonyl (C=O) groups is 1. The second-order valence-corrected chi connectivity index (χ2v) is 5.78. The minimum absolute atomic E-state index is 0.133. The van der Waals surface area contributed by atoms with Crippen molar-refractivity contribution in [3.05, 3.63) is 36.0 Å². The number of nitrogens with zero attached hydrogens (tertiary/aromatic N) is 2. The van der Waals surface area contributed by atoms with Gasteiger partial charge in [0, 0.05) is 25.0 Å². The van der Waals surface area contributed by atoms with Crippen LogP contribution in [0, 0.1) is 17.2 Å². The minimum atomic E-state index is -0.379. The fourth-order valence-electron chi connectivity index (χ4n) is 2.48. The van der Waals surface area contributed by atoms with Gasteiger partial charge in [0.25, 0.3) is 5.91 Å². The first-order chi connectivity index (χ1) is 11.1. The summed E-state index contributed by atoms with van der Waals surface area (Å²) in [6.45, 7) is 6.53. The monoisotopic (exact) mass is 313 g/mol. The number of anilines is 1. The lowest BCUT2D eigenvalue weighted by molar-refractivity contribution is -0.112. The maximum atomic E-state index is 12.2. The highest BCUT2D eigenvalue weighted by molar-refractivity contribution is 6.06. The molecule has 1 aliphatic heterocycles. The van der Waals surface area contributed by atoms with E-state index in [4.69, 9.17) is 4.74 Å². The number of likely N-dealkylation sites (tertiary alicyclic amines) is 1. The third-order valence-corrected chi connectivity index (χ3v) is 3.92. The van der Waals surface area contributed by atoms with E-state index >= 15 is 0 Å². The predicted octanol–water partition coefficient (Wildman–Crippen LogP) is 3.16. The van der Waals surface area contributed by atoms with Crippen LogP contribution in [-0.4, -0.2) is 30.5 Å². The topological polar surface area (TPSA) is 65.4 Å². The molecule has 1 N–H and O–H groups in total. The molecular weight excluding hydrogens is 290 g/mol. The molecule has 1 heterocycles. The van der Waals surface area contributed by atoms with E-state index in [1.165, 1.54) is 0 Å². The quantitative estimate of drug-likeness (QED) is 0.670. The van der Waals surface area contributed by atoms with Crippen molar-refractivity contribution in [2.75, 3.05) is 25.0 Å². The number of nitrogens with one attached hydrogen (secondary N) is 1. The molecule has 0 aromatic heterocycles. The van der Waals surface area contributed by atoms with Gasteiger partial charge < -0.3 is 15.0 Å². The first-order valence-corrected chi connectivity index (χ1v) is 8.02. The molecule has 23 heavy (non-hydrogen) atoms. The van der Waals surface area contributed by atoms with Crippen LogP contribution in [0.3, 0.4) is 0 Å². The second-order valence-electron chi connectivity index (χ2n) is 5.78. The van der Waals surface area contributed by atoms with Gasteiger partial charge in [0.05, 0.1) is 6.61 Å². The zero-order valence-electron chi connectivity index (χ0n) is 13.7. The summed E-state index contributed by atoms with van der Waals surface area (Å²) in [6.07, 6.45) is 3.86. The van der Waals surface area contributed by atoms with Crippen LogP contribution in [0.2, 0.25) is 0 Å². The van der Waals surface area contributed by atoms with Crippen LogP contribution in [0.4, 0.5) is 5.69 Å². The van der Waals surface area contributed by atoms with Gasteiger partial charge in [0.2, 0.25) is 0 Å². The van der Waals surface area contributed by atoms with E-state index in [2.05, 4.69) is 17.1 Å². The molecular formula is C18H23N3O2. The molecule has 1 aromatic carbocycles. The molecule has 122 valence electrons. The Balaban J connectivity index is 1.98. The summed E-state index contributed by atoms with van der Waals surface area (Å²) >= 11 is 0. The SMILES string of the molecule is CCOc1ccc(NC(=O)/C(C#N)=C\N2CCC(C)CC2)cc1. The molecule has 1 aliphatic rings. The molecule has 2 rings (SSSR count). The normalized spacial score (nSPS) is 15.9. The van der Waals surface area contributed by atoms with Crippen LogP contribution >= 0.6 is 0 Å². The molecule has 0 unspecified atom stereocenters. The Hall–Kier alpha value is -2.48. The van der Waals surface area contributed by atoms with Crippen LogP contribution in [0.25, 0.3) is 0 Å². The first-order valence-electron chi connectivity index (χ1n) is 8.02. The molecule has 0 radical (unpaired) electrons. The van der Waals surface area contributed by atoms with E-state index in [0.29, 0.717) is 18.2 Å². The molecule has 1 saturated heterocycles. The average molecular weight is 313 g/mol. The number of benzene rings is 1. The second kappa shape index (κ2) is 8.23. The molecule has 0 bridgehead atoms. The van der Waals surface area contributed by atoms with Crippen molar-refractivity contribution in [3.63, 3.8) is 0 Å². The maximum absolute atomic E-state index is 12.2. The van der Waals surface area contributed by atoms with Crippen molar-refractivity contribution >= 4 is 11.6 Å². The Labute approximate surface area is 137 Å². The summed E-state index contributed by atoms with van der Waals surface area (Å²) in [5.74, 6) is 1.09. The van der Waals surface area contributed by atoms with Gasteiger partial charge >= 0.3 is 0 Å². The molecule has 1 aromatic rings. The van der Waals surface area contributed by atoms with Crippen LogP contribution in [0.15, 0.2) is 36.0 Å². The average Bonchev–Trinajstić information content (AvgIpc) is 2.56. The maximum Gasteiger partial charge on any atom is 0.267 e. The summed E-state index contributed by atoms with van der Waals surface area (Å²) in [7, 11) is 0. The third-order valence-electron chi connectivity index (χ3n) is 3.92. The van der Waals surface area contributed by atoms with Crippen LogP contribution in [0.1, 0.15) is 26.7 Å².